The normalized spacial score (nSPS) is 22.5. The van der Waals surface area contributed by atoms with Gasteiger partial charge < -0.3 is 74.1 Å². The van der Waals surface area contributed by atoms with Crippen LogP contribution in [-0.2, 0) is 50.7 Å². The summed E-state index contributed by atoms with van der Waals surface area (Å²) < 4.78 is 60.4. The molecule has 312 valence electrons. The Morgan fingerprint density at radius 2 is 1.71 bits per heavy atom. The van der Waals surface area contributed by atoms with Crippen LogP contribution in [0.25, 0.3) is 11.2 Å². The molecule has 0 bridgehead atoms. The number of nitrogens with two attached hydrogens (primary N) is 1. The van der Waals surface area contributed by atoms with Crippen LogP contribution in [0.15, 0.2) is 12.7 Å². The first-order valence-electron chi connectivity index (χ1n) is 16.0. The summed E-state index contributed by atoms with van der Waals surface area (Å²) in [7, 11) is -17.6. The van der Waals surface area contributed by atoms with Crippen molar-refractivity contribution in [3.63, 3.8) is 0 Å². The number of fused-ring (bicyclic) bond motifs is 1. The van der Waals surface area contributed by atoms with Crippen LogP contribution in [0, 0.1) is 11.3 Å². The van der Waals surface area contributed by atoms with Gasteiger partial charge in [-0.2, -0.15) is 0 Å². The van der Waals surface area contributed by atoms with Gasteiger partial charge >= 0.3 is 0 Å². The average molecular weight is 864 g/mol. The van der Waals surface area contributed by atoms with Crippen molar-refractivity contribution >= 4 is 69.1 Å². The minimum atomic E-state index is -5.92. The van der Waals surface area contributed by atoms with E-state index in [1.807, 2.05) is 0 Å². The van der Waals surface area contributed by atoms with E-state index in [0.717, 1.165) is 29.0 Å². The summed E-state index contributed by atoms with van der Waals surface area (Å²) in [4.78, 5) is 95.6. The number of ether oxygens (including phenoxy) is 1. The van der Waals surface area contributed by atoms with Crippen LogP contribution < -0.4 is 35.9 Å². The standard InChI is InChI=1S/C26H44N7O18P3S/c1-13(2)17(35)25(39)55-8-7-28-15(34)5-6-29-23(38)20(37)26(3,4)10-48-54(45,46)51-53(43,44)47-9-14-19(50-52(40,41)42)18(36)24(49-14)33-12-32-16-21(27)30-11-31-22(16)33/h11-14,17-20,24,35-37H,5-10H2,1-4H3,(H,28,34)(H,29,38)(H,43,44)(H,45,46)(H2,27,30,31)(H2,40,41,42)/p-4/t14-,17?,18-,19-,20+,24-/m1/s1. The molecule has 7 N–H and O–H groups in total. The third-order valence-corrected chi connectivity index (χ3v) is 11.5. The molecule has 3 rings (SSSR count). The Hall–Kier alpha value is -2.48. The number of nitrogen functional groups attached to an aromatic ring is 1. The van der Waals surface area contributed by atoms with Crippen LogP contribution in [0.2, 0.25) is 0 Å². The quantitative estimate of drug-likeness (QED) is 0.0517. The molecule has 25 nitrogen and oxygen atoms in total. The molecule has 0 saturated carbocycles. The second kappa shape index (κ2) is 19.3. The van der Waals surface area contributed by atoms with Crippen molar-refractivity contribution in [2.75, 3.05) is 37.8 Å². The summed E-state index contributed by atoms with van der Waals surface area (Å²) in [5.74, 6) is -1.71. The lowest BCUT2D eigenvalue weighted by Crippen LogP contribution is -2.46. The molecule has 55 heavy (non-hydrogen) atoms. The molecule has 3 heterocycles. The number of aliphatic hydroxyl groups excluding tert-OH is 3. The fourth-order valence-corrected chi connectivity index (χ4v) is 8.20. The van der Waals surface area contributed by atoms with Crippen LogP contribution in [-0.4, -0.2) is 114 Å². The highest BCUT2D eigenvalue weighted by molar-refractivity contribution is 8.13. The first-order chi connectivity index (χ1) is 25.3. The number of carbonyl (C=O) groups is 3. The number of aromatic nitrogens is 4. The first-order valence-corrected chi connectivity index (χ1v) is 21.4. The van der Waals surface area contributed by atoms with Gasteiger partial charge in [0.2, 0.25) is 16.9 Å². The predicted molar refractivity (Wildman–Crippen MR) is 179 cm³/mol. The van der Waals surface area contributed by atoms with E-state index < -0.39 is 95.8 Å². The van der Waals surface area contributed by atoms with Crippen LogP contribution in [0.4, 0.5) is 5.82 Å². The third-order valence-electron chi connectivity index (χ3n) is 7.59. The molecule has 1 aliphatic heterocycles. The van der Waals surface area contributed by atoms with Crippen LogP contribution in [0.5, 0.6) is 0 Å². The highest BCUT2D eigenvalue weighted by atomic mass is 32.2. The Balaban J connectivity index is 1.50. The number of imidazole rings is 1. The lowest BCUT2D eigenvalue weighted by atomic mass is 9.87. The number of carbonyl (C=O) groups excluding carboxylic acids is 3. The molecule has 29 heteroatoms. The molecule has 0 aliphatic carbocycles. The third kappa shape index (κ3) is 13.8. The number of phosphoric ester groups is 3. The van der Waals surface area contributed by atoms with Crippen molar-refractivity contribution in [2.45, 2.75) is 70.9 Å². The number of anilines is 1. The second-order valence-electron chi connectivity index (χ2n) is 12.8. The zero-order valence-corrected chi connectivity index (χ0v) is 33.0. The highest BCUT2D eigenvalue weighted by Crippen LogP contribution is 2.56. The molecule has 0 spiro atoms. The summed E-state index contributed by atoms with van der Waals surface area (Å²) in [6.45, 7) is 3.26. The summed E-state index contributed by atoms with van der Waals surface area (Å²) in [5, 5.41) is 35.3. The zero-order chi connectivity index (χ0) is 41.5. The first kappa shape index (κ1) is 46.9. The van der Waals surface area contributed by atoms with E-state index in [2.05, 4.69) is 43.5 Å². The van der Waals surface area contributed by atoms with Crippen molar-refractivity contribution in [2.24, 2.45) is 11.3 Å². The second-order valence-corrected chi connectivity index (χ2v) is 18.0. The SMILES string of the molecule is CC(C)C(O)C(=O)SCCNC(=O)CCNC(=O)[C@H](O)C(C)(C)COP(=O)([O-])OP(=O)([O-])OC[C@H]1O[C@@H](n2cnc3c(N)ncnc32)[C@H](O)[C@@H]1OP(=O)([O-])[O-]. The van der Waals surface area contributed by atoms with Gasteiger partial charge in [-0.15, -0.1) is 0 Å². The van der Waals surface area contributed by atoms with Crippen LogP contribution >= 0.6 is 35.2 Å². The molecular formula is C26H40N7O18P3S-4. The fraction of sp³-hybridized carbons (Fsp3) is 0.692. The predicted octanol–water partition coefficient (Wildman–Crippen LogP) is -3.85. The number of phosphoric acid groups is 3. The molecule has 2 aromatic heterocycles. The van der Waals surface area contributed by atoms with Gasteiger partial charge in [0.05, 0.1) is 27.4 Å². The number of nitrogens with one attached hydrogen (secondary N) is 2. The molecule has 1 fully saturated rings. The monoisotopic (exact) mass is 863 g/mol. The van der Waals surface area contributed by atoms with E-state index in [1.165, 1.54) is 13.8 Å². The summed E-state index contributed by atoms with van der Waals surface area (Å²) >= 11 is 0.845. The maximum absolute atomic E-state index is 12.5. The molecule has 2 aromatic rings. The fourth-order valence-electron chi connectivity index (χ4n) is 4.62. The molecular weight excluding hydrogens is 823 g/mol. The maximum Gasteiger partial charge on any atom is 0.274 e. The Morgan fingerprint density at radius 1 is 1.05 bits per heavy atom. The Morgan fingerprint density at radius 3 is 2.35 bits per heavy atom. The molecule has 1 saturated heterocycles. The van der Waals surface area contributed by atoms with E-state index in [4.69, 9.17) is 10.5 Å². The molecule has 1 aliphatic rings. The molecule has 0 aromatic carbocycles. The molecule has 0 radical (unpaired) electrons. The van der Waals surface area contributed by atoms with Gasteiger partial charge in [-0.05, 0) is 5.92 Å². The number of aliphatic hydroxyl groups is 3. The van der Waals surface area contributed by atoms with E-state index >= 15 is 0 Å². The number of amides is 2. The zero-order valence-electron chi connectivity index (χ0n) is 29.5. The van der Waals surface area contributed by atoms with Gasteiger partial charge in [0.25, 0.3) is 15.6 Å². The molecule has 2 amide bonds. The van der Waals surface area contributed by atoms with Crippen LogP contribution in [0.3, 0.4) is 0 Å². The van der Waals surface area contributed by atoms with E-state index in [9.17, 15) is 63.0 Å². The summed E-state index contributed by atoms with van der Waals surface area (Å²) in [6.07, 6.45) is -8.82. The number of hydrogen-bond donors (Lipinski definition) is 6. The van der Waals surface area contributed by atoms with E-state index in [1.54, 1.807) is 13.8 Å². The summed E-state index contributed by atoms with van der Waals surface area (Å²) in [5.41, 5.74) is 4.03. The lowest BCUT2D eigenvalue weighted by Gasteiger charge is -2.36. The topological polar surface area (TPSA) is 395 Å². The van der Waals surface area contributed by atoms with Gasteiger partial charge in [0, 0.05) is 30.7 Å². The minimum Gasteiger partial charge on any atom is -0.790 e. The van der Waals surface area contributed by atoms with Crippen molar-refractivity contribution in [3.8, 4) is 0 Å². The van der Waals surface area contributed by atoms with Gasteiger partial charge in [0.15, 0.2) is 17.7 Å². The van der Waals surface area contributed by atoms with Gasteiger partial charge in [-0.3, -0.25) is 28.1 Å². The van der Waals surface area contributed by atoms with Crippen molar-refractivity contribution < 1.29 is 85.6 Å². The van der Waals surface area contributed by atoms with Crippen LogP contribution in [0.1, 0.15) is 40.3 Å². The number of hydrogen-bond acceptors (Lipinski definition) is 23. The maximum atomic E-state index is 12.5. The lowest BCUT2D eigenvalue weighted by molar-refractivity contribution is -0.347. The minimum absolute atomic E-state index is 0.0266. The average Bonchev–Trinajstić information content (AvgIpc) is 3.64. The van der Waals surface area contributed by atoms with Gasteiger partial charge in [-0.25, -0.2) is 19.3 Å². The van der Waals surface area contributed by atoms with Gasteiger partial charge in [0.1, 0.15) is 42.4 Å². The van der Waals surface area contributed by atoms with Gasteiger partial charge in [-0.1, -0.05) is 39.5 Å². The Kier molecular flexibility index (Phi) is 16.5. The van der Waals surface area contributed by atoms with Crippen molar-refractivity contribution in [1.29, 1.82) is 0 Å². The molecule has 8 atom stereocenters. The number of thioether (sulfide) groups is 1. The van der Waals surface area contributed by atoms with Crippen molar-refractivity contribution in [3.05, 3.63) is 12.7 Å². The Labute approximate surface area is 317 Å². The summed E-state index contributed by atoms with van der Waals surface area (Å²) in [6, 6.07) is 0. The number of nitrogens with zero attached hydrogens (tertiary/aromatic N) is 4. The largest absolute Gasteiger partial charge is 0.790 e. The molecule has 3 unspecified atom stereocenters. The Bertz CT molecular complexity index is 1810. The number of rotatable bonds is 21. The van der Waals surface area contributed by atoms with E-state index in [-0.39, 0.29) is 48.2 Å². The van der Waals surface area contributed by atoms with Crippen molar-refractivity contribution in [1.82, 2.24) is 30.2 Å². The van der Waals surface area contributed by atoms with E-state index in [0.29, 0.717) is 0 Å². The smallest absolute Gasteiger partial charge is 0.274 e. The highest BCUT2D eigenvalue weighted by Gasteiger charge is 2.47.